The molecule has 0 unspecified atom stereocenters. The number of ketones is 1. The topological polar surface area (TPSA) is 93.7 Å². The molecule has 0 radical (unpaired) electrons. The van der Waals surface area contributed by atoms with Gasteiger partial charge in [0.2, 0.25) is 0 Å². The van der Waals surface area contributed by atoms with E-state index < -0.39 is 34.5 Å². The molecule has 0 heterocycles. The summed E-state index contributed by atoms with van der Waals surface area (Å²) in [4.78, 5) is 37.7. The van der Waals surface area contributed by atoms with E-state index in [-0.39, 0.29) is 36.9 Å². The lowest BCUT2D eigenvalue weighted by atomic mass is 9.60. The van der Waals surface area contributed by atoms with E-state index in [1.165, 1.54) is 42.5 Å². The molecular formula is C24H24F2N2O5. The number of Topliss-reactive ketones (excluding diaryl/α,β-unsaturated/α-hetero) is 1. The summed E-state index contributed by atoms with van der Waals surface area (Å²) in [7, 11) is 0. The molecule has 3 aliphatic rings. The summed E-state index contributed by atoms with van der Waals surface area (Å²) in [6.45, 7) is -0.628. The first-order chi connectivity index (χ1) is 15.8. The Morgan fingerprint density at radius 2 is 1.33 bits per heavy atom. The van der Waals surface area contributed by atoms with E-state index >= 15 is 0 Å². The highest BCUT2D eigenvalue weighted by molar-refractivity contribution is 5.96. The number of hydrogen-bond donors (Lipinski definition) is 2. The van der Waals surface area contributed by atoms with Crippen LogP contribution < -0.4 is 20.1 Å². The first-order valence-electron chi connectivity index (χ1n) is 10.7. The average molecular weight is 458 g/mol. The largest absolute Gasteiger partial charge is 0.484 e. The van der Waals surface area contributed by atoms with Crippen molar-refractivity contribution in [3.8, 4) is 11.5 Å². The van der Waals surface area contributed by atoms with Gasteiger partial charge in [0, 0.05) is 24.1 Å². The lowest BCUT2D eigenvalue weighted by molar-refractivity contribution is -0.143. The van der Waals surface area contributed by atoms with E-state index in [0.717, 1.165) is 0 Å². The first kappa shape index (κ1) is 22.7. The summed E-state index contributed by atoms with van der Waals surface area (Å²) in [5, 5.41) is 5.70. The molecule has 3 aliphatic carbocycles. The van der Waals surface area contributed by atoms with E-state index in [2.05, 4.69) is 10.6 Å². The van der Waals surface area contributed by atoms with Gasteiger partial charge in [-0.05, 0) is 49.9 Å². The van der Waals surface area contributed by atoms with Crippen LogP contribution in [0, 0.1) is 11.6 Å². The van der Waals surface area contributed by atoms with Crippen LogP contribution in [-0.4, -0.2) is 41.9 Å². The summed E-state index contributed by atoms with van der Waals surface area (Å²) >= 11 is 0. The van der Waals surface area contributed by atoms with E-state index in [9.17, 15) is 23.2 Å². The van der Waals surface area contributed by atoms with Crippen LogP contribution in [0.1, 0.15) is 32.1 Å². The Morgan fingerprint density at radius 3 is 1.82 bits per heavy atom. The number of nitrogens with one attached hydrogen (secondary N) is 2. The van der Waals surface area contributed by atoms with Gasteiger partial charge in [-0.3, -0.25) is 14.4 Å². The number of ether oxygens (including phenoxy) is 2. The van der Waals surface area contributed by atoms with Gasteiger partial charge >= 0.3 is 0 Å². The molecule has 2 aromatic rings. The smallest absolute Gasteiger partial charge is 0.258 e. The van der Waals surface area contributed by atoms with E-state index in [1.54, 1.807) is 6.07 Å². The van der Waals surface area contributed by atoms with Crippen LogP contribution in [0.4, 0.5) is 8.78 Å². The average Bonchev–Trinajstić information content (AvgIpc) is 2.78. The van der Waals surface area contributed by atoms with Crippen LogP contribution in [-0.2, 0) is 14.4 Å². The van der Waals surface area contributed by atoms with E-state index in [1.807, 2.05) is 0 Å². The molecule has 2 bridgehead atoms. The van der Waals surface area contributed by atoms with Gasteiger partial charge in [0.25, 0.3) is 11.8 Å². The molecule has 0 aromatic heterocycles. The number of fused-ring (bicyclic) bond motifs is 3. The fourth-order valence-corrected chi connectivity index (χ4v) is 4.50. The van der Waals surface area contributed by atoms with E-state index in [4.69, 9.17) is 9.47 Å². The van der Waals surface area contributed by atoms with Gasteiger partial charge in [0.15, 0.2) is 19.0 Å². The van der Waals surface area contributed by atoms with Crippen LogP contribution in [0.2, 0.25) is 0 Å². The van der Waals surface area contributed by atoms with Crippen molar-refractivity contribution in [1.29, 1.82) is 0 Å². The molecule has 7 nitrogen and oxygen atoms in total. The minimum atomic E-state index is -0.979. The summed E-state index contributed by atoms with van der Waals surface area (Å²) < 4.78 is 37.1. The number of benzene rings is 2. The summed E-state index contributed by atoms with van der Waals surface area (Å²) in [6.07, 6.45) is 1.93. The van der Waals surface area contributed by atoms with E-state index in [0.29, 0.717) is 25.7 Å². The maximum atomic E-state index is 13.2. The number of rotatable bonds is 8. The Bertz CT molecular complexity index is 1070. The van der Waals surface area contributed by atoms with Gasteiger partial charge in [-0.25, -0.2) is 8.78 Å². The zero-order valence-electron chi connectivity index (χ0n) is 17.9. The lowest BCUT2D eigenvalue weighted by Gasteiger charge is -2.52. The Balaban J connectivity index is 1.28. The normalized spacial score (nSPS) is 23.6. The molecule has 0 spiro atoms. The fraction of sp³-hybridized carbons (Fsp3) is 0.375. The zero-order chi connectivity index (χ0) is 23.5. The number of carbonyl (C=O) groups is 3. The molecule has 9 heteroatoms. The van der Waals surface area contributed by atoms with Crippen molar-refractivity contribution in [2.24, 2.45) is 0 Å². The molecule has 174 valence electrons. The molecule has 2 N–H and O–H groups in total. The van der Waals surface area contributed by atoms with Crippen molar-refractivity contribution >= 4 is 17.6 Å². The standard InChI is InChI=1S/C24H24F2N2O5/c25-16-3-1-5-18(11-16)32-14-21(30)27-23-7-9-24(10-8-23,20(29)13-23)28-22(31)15-33-19-6-2-4-17(26)12-19/h1-6,11-12H,7-10,13-15H2,(H,27,30)(H,28,31). The Hall–Kier alpha value is -3.49. The second-order valence-electron chi connectivity index (χ2n) is 8.55. The quantitative estimate of drug-likeness (QED) is 0.635. The molecule has 3 fully saturated rings. The zero-order valence-corrected chi connectivity index (χ0v) is 17.9. The summed E-state index contributed by atoms with van der Waals surface area (Å²) in [6, 6.07) is 11.0. The molecular weight excluding hydrogens is 434 g/mol. The van der Waals surface area contributed by atoms with Gasteiger partial charge in [-0.1, -0.05) is 12.1 Å². The minimum Gasteiger partial charge on any atom is -0.484 e. The number of amides is 2. The van der Waals surface area contributed by atoms with Gasteiger partial charge in [-0.15, -0.1) is 0 Å². The van der Waals surface area contributed by atoms with Crippen LogP contribution in [0.5, 0.6) is 11.5 Å². The highest BCUT2D eigenvalue weighted by Crippen LogP contribution is 2.44. The van der Waals surface area contributed by atoms with Crippen molar-refractivity contribution in [2.45, 2.75) is 43.2 Å². The maximum absolute atomic E-state index is 13.2. The van der Waals surface area contributed by atoms with Gasteiger partial charge in [0.1, 0.15) is 23.1 Å². The third-order valence-corrected chi connectivity index (χ3v) is 6.21. The van der Waals surface area contributed by atoms with Gasteiger partial charge < -0.3 is 20.1 Å². The molecule has 0 atom stereocenters. The molecule has 5 rings (SSSR count). The molecule has 2 amide bonds. The molecule has 33 heavy (non-hydrogen) atoms. The highest BCUT2D eigenvalue weighted by Gasteiger charge is 2.55. The second-order valence-corrected chi connectivity index (χ2v) is 8.55. The predicted molar refractivity (Wildman–Crippen MR) is 114 cm³/mol. The van der Waals surface area contributed by atoms with Crippen molar-refractivity contribution in [1.82, 2.24) is 10.6 Å². The number of hydrogen-bond acceptors (Lipinski definition) is 5. The maximum Gasteiger partial charge on any atom is 0.258 e. The second kappa shape index (κ2) is 9.17. The highest BCUT2D eigenvalue weighted by atomic mass is 19.1. The Labute approximate surface area is 189 Å². The number of halogens is 2. The monoisotopic (exact) mass is 458 g/mol. The third-order valence-electron chi connectivity index (χ3n) is 6.21. The minimum absolute atomic E-state index is 0.101. The van der Waals surface area contributed by atoms with Crippen molar-refractivity contribution in [3.63, 3.8) is 0 Å². The third kappa shape index (κ3) is 5.30. The van der Waals surface area contributed by atoms with Crippen molar-refractivity contribution in [3.05, 3.63) is 60.2 Å². The van der Waals surface area contributed by atoms with Crippen molar-refractivity contribution in [2.75, 3.05) is 13.2 Å². The SMILES string of the molecule is O=C(COc1cccc(F)c1)NC12CCC(NC(=O)COc3cccc(F)c3)(CC1)C(=O)C2. The molecule has 3 saturated carbocycles. The lowest BCUT2D eigenvalue weighted by Crippen LogP contribution is -2.69. The van der Waals surface area contributed by atoms with Crippen LogP contribution in [0.25, 0.3) is 0 Å². The van der Waals surface area contributed by atoms with Gasteiger partial charge in [-0.2, -0.15) is 0 Å². The molecule has 0 saturated heterocycles. The van der Waals surface area contributed by atoms with Crippen LogP contribution in [0.3, 0.4) is 0 Å². The Morgan fingerprint density at radius 1 is 0.818 bits per heavy atom. The fourth-order valence-electron chi connectivity index (χ4n) is 4.50. The molecule has 0 aliphatic heterocycles. The predicted octanol–water partition coefficient (Wildman–Crippen LogP) is 2.68. The summed E-state index contributed by atoms with van der Waals surface area (Å²) in [5.41, 5.74) is -1.66. The Kier molecular flexibility index (Phi) is 6.31. The number of carbonyl (C=O) groups excluding carboxylic acids is 3. The molecule has 2 aromatic carbocycles. The summed E-state index contributed by atoms with van der Waals surface area (Å²) in [5.74, 6) is -1.47. The van der Waals surface area contributed by atoms with Crippen LogP contribution >= 0.6 is 0 Å². The first-order valence-corrected chi connectivity index (χ1v) is 10.7. The van der Waals surface area contributed by atoms with Gasteiger partial charge in [0.05, 0.1) is 5.54 Å². The van der Waals surface area contributed by atoms with Crippen LogP contribution in [0.15, 0.2) is 48.5 Å². The van der Waals surface area contributed by atoms with Crippen molar-refractivity contribution < 1.29 is 32.6 Å².